The van der Waals surface area contributed by atoms with Crippen molar-refractivity contribution in [3.8, 4) is 0 Å². The monoisotopic (exact) mass is 401 g/mol. The molecule has 0 spiro atoms. The van der Waals surface area contributed by atoms with E-state index in [4.69, 9.17) is 17.0 Å². The van der Waals surface area contributed by atoms with Gasteiger partial charge in [-0.25, -0.2) is 9.78 Å². The smallest absolute Gasteiger partial charge is 0.340 e. The minimum absolute atomic E-state index is 0.243. The van der Waals surface area contributed by atoms with Gasteiger partial charge >= 0.3 is 5.97 Å². The number of hydrogen-bond donors (Lipinski definition) is 2. The second kappa shape index (κ2) is 9.71. The number of benzene rings is 1. The Kier molecular flexibility index (Phi) is 7.06. The number of nitrogens with one attached hydrogen (secondary N) is 2. The van der Waals surface area contributed by atoms with Gasteiger partial charge in [0.15, 0.2) is 5.11 Å². The molecule has 2 N–H and O–H groups in total. The van der Waals surface area contributed by atoms with Crippen molar-refractivity contribution >= 4 is 35.1 Å². The third-order valence-corrected chi connectivity index (χ3v) is 5.48. The Morgan fingerprint density at radius 1 is 1.33 bits per heavy atom. The third kappa shape index (κ3) is 5.20. The second-order valence-electron chi connectivity index (χ2n) is 6.12. The molecule has 0 radical (unpaired) electrons. The van der Waals surface area contributed by atoms with Crippen molar-refractivity contribution in [1.82, 2.24) is 15.6 Å². The predicted molar refractivity (Wildman–Crippen MR) is 112 cm³/mol. The first kappa shape index (κ1) is 19.6. The molecule has 5 nitrogen and oxygen atoms in total. The quantitative estimate of drug-likeness (QED) is 0.319. The molecule has 1 aliphatic carbocycles. The summed E-state index contributed by atoms with van der Waals surface area (Å²) in [5, 5.41) is 7.74. The van der Waals surface area contributed by atoms with Crippen LogP contribution in [0.25, 0.3) is 0 Å². The molecule has 1 unspecified atom stereocenters. The summed E-state index contributed by atoms with van der Waals surface area (Å²) >= 11 is 6.90. The van der Waals surface area contributed by atoms with E-state index >= 15 is 0 Å². The van der Waals surface area contributed by atoms with Crippen LogP contribution in [0.3, 0.4) is 0 Å². The molecule has 1 aromatic carbocycles. The highest BCUT2D eigenvalue weighted by Crippen LogP contribution is 2.30. The topological polar surface area (TPSA) is 63.2 Å². The zero-order valence-electron chi connectivity index (χ0n) is 15.2. The number of hydrogen-bond acceptors (Lipinski definition) is 5. The molecule has 3 rings (SSSR count). The van der Waals surface area contributed by atoms with Crippen LogP contribution in [0.15, 0.2) is 47.6 Å². The first-order valence-electron chi connectivity index (χ1n) is 9.06. The Bertz CT molecular complexity index is 813. The van der Waals surface area contributed by atoms with Crippen LogP contribution in [0.4, 0.5) is 0 Å². The van der Waals surface area contributed by atoms with Gasteiger partial charge in [0.25, 0.3) is 0 Å². The van der Waals surface area contributed by atoms with Crippen molar-refractivity contribution in [1.29, 1.82) is 0 Å². The zero-order valence-corrected chi connectivity index (χ0v) is 16.9. The summed E-state index contributed by atoms with van der Waals surface area (Å²) in [5.74, 6) is 0.493. The highest BCUT2D eigenvalue weighted by molar-refractivity contribution is 7.99. The Hall–Kier alpha value is -2.12. The van der Waals surface area contributed by atoms with Crippen molar-refractivity contribution in [2.75, 3.05) is 18.9 Å². The standard InChI is InChI=1S/C20H23N3O2S2/c1-2-27-18-16(8-5-11-21-18)19(24)25-13-12-22-20(26)23-17-10-9-14-6-3-4-7-15(14)17/h3-8,11,17H,2,9-10,12-13H2,1H3,(H2,22,23,26). The number of aromatic nitrogens is 1. The molecule has 142 valence electrons. The summed E-state index contributed by atoms with van der Waals surface area (Å²) in [5.41, 5.74) is 3.20. The number of thiocarbonyl (C=S) groups is 1. The number of rotatable bonds is 7. The Morgan fingerprint density at radius 2 is 2.19 bits per heavy atom. The Balaban J connectivity index is 1.42. The first-order valence-corrected chi connectivity index (χ1v) is 10.5. The van der Waals surface area contributed by atoms with Crippen LogP contribution >= 0.6 is 24.0 Å². The minimum atomic E-state index is -0.357. The predicted octanol–water partition coefficient (Wildman–Crippen LogP) is 3.50. The van der Waals surface area contributed by atoms with Gasteiger partial charge < -0.3 is 15.4 Å². The number of carbonyl (C=O) groups excluding carboxylic acids is 1. The van der Waals surface area contributed by atoms with E-state index in [0.717, 1.165) is 18.6 Å². The van der Waals surface area contributed by atoms with Gasteiger partial charge in [0.1, 0.15) is 11.6 Å². The second-order valence-corrected chi connectivity index (χ2v) is 7.78. The SMILES string of the molecule is CCSc1ncccc1C(=O)OCCNC(=S)NC1CCc2ccccc21. The molecule has 1 aliphatic rings. The molecule has 0 saturated carbocycles. The van der Waals surface area contributed by atoms with Gasteiger partial charge in [0, 0.05) is 6.20 Å². The fourth-order valence-electron chi connectivity index (χ4n) is 3.10. The maximum absolute atomic E-state index is 12.2. The normalized spacial score (nSPS) is 15.1. The van der Waals surface area contributed by atoms with Gasteiger partial charge in [0.05, 0.1) is 18.2 Å². The number of pyridine rings is 1. The van der Waals surface area contributed by atoms with Gasteiger partial charge in [-0.2, -0.15) is 0 Å². The summed E-state index contributed by atoms with van der Waals surface area (Å²) in [7, 11) is 0. The zero-order chi connectivity index (χ0) is 19.1. The van der Waals surface area contributed by atoms with Gasteiger partial charge in [-0.15, -0.1) is 11.8 Å². The van der Waals surface area contributed by atoms with Crippen LogP contribution < -0.4 is 10.6 Å². The van der Waals surface area contributed by atoms with Crippen LogP contribution in [-0.2, 0) is 11.2 Å². The molecule has 1 aromatic heterocycles. The van der Waals surface area contributed by atoms with Gasteiger partial charge in [-0.3, -0.25) is 0 Å². The summed E-state index contributed by atoms with van der Waals surface area (Å²) in [6.07, 6.45) is 3.79. The lowest BCUT2D eigenvalue weighted by Crippen LogP contribution is -2.38. The molecule has 27 heavy (non-hydrogen) atoms. The van der Waals surface area contributed by atoms with Crippen LogP contribution in [0, 0.1) is 0 Å². The highest BCUT2D eigenvalue weighted by Gasteiger charge is 2.22. The molecule has 0 bridgehead atoms. The maximum atomic E-state index is 12.2. The van der Waals surface area contributed by atoms with E-state index in [9.17, 15) is 4.79 Å². The lowest BCUT2D eigenvalue weighted by Gasteiger charge is -2.17. The van der Waals surface area contributed by atoms with Crippen LogP contribution in [0.5, 0.6) is 0 Å². The molecule has 1 heterocycles. The molecule has 2 aromatic rings. The number of ether oxygens (including phenoxy) is 1. The average Bonchev–Trinajstić information content (AvgIpc) is 3.09. The summed E-state index contributed by atoms with van der Waals surface area (Å²) in [4.78, 5) is 16.5. The molecule has 0 amide bonds. The van der Waals surface area contributed by atoms with Crippen LogP contribution in [0.1, 0.15) is 40.9 Å². The lowest BCUT2D eigenvalue weighted by atomic mass is 10.1. The molecule has 0 fully saturated rings. The molecule has 0 saturated heterocycles. The fourth-order valence-corrected chi connectivity index (χ4v) is 4.06. The van der Waals surface area contributed by atoms with E-state index in [-0.39, 0.29) is 18.6 Å². The summed E-state index contributed by atoms with van der Waals surface area (Å²) in [6, 6.07) is 12.2. The third-order valence-electron chi connectivity index (χ3n) is 4.33. The number of esters is 1. The number of fused-ring (bicyclic) bond motifs is 1. The van der Waals surface area contributed by atoms with E-state index in [1.165, 1.54) is 22.9 Å². The van der Waals surface area contributed by atoms with Crippen molar-refractivity contribution in [3.63, 3.8) is 0 Å². The summed E-state index contributed by atoms with van der Waals surface area (Å²) < 4.78 is 5.35. The number of thioether (sulfide) groups is 1. The van der Waals surface area contributed by atoms with Gasteiger partial charge in [-0.1, -0.05) is 31.2 Å². The Labute approximate surface area is 169 Å². The Morgan fingerprint density at radius 3 is 3.04 bits per heavy atom. The van der Waals surface area contributed by atoms with Crippen molar-refractivity contribution in [2.45, 2.75) is 30.8 Å². The molecule has 0 aliphatic heterocycles. The van der Waals surface area contributed by atoms with Gasteiger partial charge in [0.2, 0.25) is 0 Å². The van der Waals surface area contributed by atoms with E-state index in [1.54, 1.807) is 18.3 Å². The molecular weight excluding hydrogens is 378 g/mol. The van der Waals surface area contributed by atoms with E-state index in [1.807, 2.05) is 6.92 Å². The maximum Gasteiger partial charge on any atom is 0.340 e. The lowest BCUT2D eigenvalue weighted by molar-refractivity contribution is 0.0507. The highest BCUT2D eigenvalue weighted by atomic mass is 32.2. The van der Waals surface area contributed by atoms with Crippen molar-refractivity contribution in [2.24, 2.45) is 0 Å². The van der Waals surface area contributed by atoms with Crippen molar-refractivity contribution < 1.29 is 9.53 Å². The molecule has 7 heteroatoms. The van der Waals surface area contributed by atoms with E-state index in [0.29, 0.717) is 22.2 Å². The van der Waals surface area contributed by atoms with Crippen molar-refractivity contribution in [3.05, 3.63) is 59.3 Å². The number of aryl methyl sites for hydroxylation is 1. The summed E-state index contributed by atoms with van der Waals surface area (Å²) in [6.45, 7) is 2.73. The number of carbonyl (C=O) groups is 1. The van der Waals surface area contributed by atoms with Crippen LogP contribution in [-0.4, -0.2) is 35.0 Å². The average molecular weight is 402 g/mol. The largest absolute Gasteiger partial charge is 0.460 e. The number of nitrogens with zero attached hydrogens (tertiary/aromatic N) is 1. The minimum Gasteiger partial charge on any atom is -0.460 e. The van der Waals surface area contributed by atoms with Crippen LogP contribution in [0.2, 0.25) is 0 Å². The first-order chi connectivity index (χ1) is 13.2. The fraction of sp³-hybridized carbons (Fsp3) is 0.350. The van der Waals surface area contributed by atoms with E-state index in [2.05, 4.69) is 39.9 Å². The van der Waals surface area contributed by atoms with Gasteiger partial charge in [-0.05, 0) is 54.1 Å². The molecular formula is C20H23N3O2S2. The molecule has 1 atom stereocenters. The van der Waals surface area contributed by atoms with E-state index < -0.39 is 0 Å².